The monoisotopic (exact) mass is 271 g/mol. The van der Waals surface area contributed by atoms with E-state index in [1.54, 1.807) is 6.92 Å². The number of fused-ring (bicyclic) bond motifs is 1. The molecule has 3 aliphatic heterocycles. The lowest BCUT2D eigenvalue weighted by Gasteiger charge is -2.29. The lowest BCUT2D eigenvalue weighted by molar-refractivity contribution is -0.0317. The van der Waals surface area contributed by atoms with Crippen molar-refractivity contribution in [1.29, 1.82) is 0 Å². The summed E-state index contributed by atoms with van der Waals surface area (Å²) >= 11 is 0. The molecule has 8 nitrogen and oxygen atoms in total. The van der Waals surface area contributed by atoms with Crippen LogP contribution in [0.2, 0.25) is 0 Å². The summed E-state index contributed by atoms with van der Waals surface area (Å²) in [6.07, 6.45) is -2.60. The number of hydrogen-bond donors (Lipinski definition) is 3. The molecule has 9 heteroatoms. The fourth-order valence-corrected chi connectivity index (χ4v) is 2.32. The van der Waals surface area contributed by atoms with E-state index < -0.39 is 30.3 Å². The summed E-state index contributed by atoms with van der Waals surface area (Å²) in [6.45, 7) is 1.61. The van der Waals surface area contributed by atoms with E-state index in [0.29, 0.717) is 0 Å². The van der Waals surface area contributed by atoms with Crippen molar-refractivity contribution in [2.75, 3.05) is 6.67 Å². The number of halogens is 1. The highest BCUT2D eigenvalue weighted by Crippen LogP contribution is 2.32. The third-order valence-corrected chi connectivity index (χ3v) is 3.45. The molecule has 3 aliphatic rings. The largest absolute Gasteiger partial charge is 0.388 e. The number of nitrogens with two attached hydrogens (primary N) is 1. The molecule has 0 aromatic rings. The Morgan fingerprint density at radius 1 is 1.47 bits per heavy atom. The third-order valence-electron chi connectivity index (χ3n) is 3.45. The summed E-state index contributed by atoms with van der Waals surface area (Å²) < 4.78 is 20.0. The molecule has 1 fully saturated rings. The molecule has 3 rings (SSSR count). The van der Waals surface area contributed by atoms with Gasteiger partial charge >= 0.3 is 5.79 Å². The van der Waals surface area contributed by atoms with Gasteiger partial charge < -0.3 is 20.7 Å². The Morgan fingerprint density at radius 2 is 2.21 bits per heavy atom. The maximum absolute atomic E-state index is 14.6. The summed E-state index contributed by atoms with van der Waals surface area (Å²) in [5.74, 6) is -2.67. The number of ether oxygens (including phenoxy) is 1. The fourth-order valence-electron chi connectivity index (χ4n) is 2.32. The molecule has 0 aromatic heterocycles. The first-order chi connectivity index (χ1) is 8.95. The van der Waals surface area contributed by atoms with Gasteiger partial charge in [0.2, 0.25) is 0 Å². The van der Waals surface area contributed by atoms with Crippen LogP contribution in [0.3, 0.4) is 0 Å². The predicted octanol–water partition coefficient (Wildman–Crippen LogP) is -1.81. The lowest BCUT2D eigenvalue weighted by atomic mass is 10.1. The quantitative estimate of drug-likeness (QED) is 0.486. The first-order valence-electron chi connectivity index (χ1n) is 5.84. The van der Waals surface area contributed by atoms with Crippen molar-refractivity contribution in [1.82, 2.24) is 4.90 Å². The summed E-state index contributed by atoms with van der Waals surface area (Å²) in [7, 11) is 0. The van der Waals surface area contributed by atoms with Gasteiger partial charge in [-0.25, -0.2) is 15.0 Å². The lowest BCUT2D eigenvalue weighted by Crippen LogP contribution is -2.54. The van der Waals surface area contributed by atoms with Crippen LogP contribution in [0.25, 0.3) is 0 Å². The van der Waals surface area contributed by atoms with Crippen molar-refractivity contribution in [3.05, 3.63) is 0 Å². The van der Waals surface area contributed by atoms with Gasteiger partial charge in [-0.1, -0.05) is 0 Å². The number of aliphatic hydroxyl groups excluding tert-OH is 2. The fraction of sp³-hybridized carbons (Fsp3) is 0.700. The molecular weight excluding hydrogens is 257 g/mol. The van der Waals surface area contributed by atoms with Gasteiger partial charge in [0.05, 0.1) is 12.4 Å². The van der Waals surface area contributed by atoms with Crippen LogP contribution in [-0.4, -0.2) is 70.1 Å². The number of nitrogens with zero attached hydrogens (tertiary/aromatic N) is 4. The number of rotatable bonds is 1. The summed E-state index contributed by atoms with van der Waals surface area (Å²) in [5, 5.41) is 19.6. The Bertz CT molecular complexity index is 496. The predicted molar refractivity (Wildman–Crippen MR) is 64.4 cm³/mol. The maximum Gasteiger partial charge on any atom is 0.316 e. The smallest absolute Gasteiger partial charge is 0.316 e. The van der Waals surface area contributed by atoms with Crippen LogP contribution in [0.5, 0.6) is 0 Å². The molecule has 0 spiro atoms. The zero-order valence-electron chi connectivity index (χ0n) is 10.1. The van der Waals surface area contributed by atoms with Crippen molar-refractivity contribution >= 4 is 18.0 Å². The number of aliphatic imine (C=N–C) groups is 3. The van der Waals surface area contributed by atoms with Crippen LogP contribution in [0.15, 0.2) is 15.0 Å². The van der Waals surface area contributed by atoms with Crippen LogP contribution in [-0.2, 0) is 4.74 Å². The molecule has 0 radical (unpaired) electrons. The van der Waals surface area contributed by atoms with E-state index in [1.165, 1.54) is 4.90 Å². The van der Waals surface area contributed by atoms with E-state index in [0.717, 1.165) is 6.34 Å². The zero-order chi connectivity index (χ0) is 13.8. The van der Waals surface area contributed by atoms with Gasteiger partial charge in [-0.3, -0.25) is 4.90 Å². The van der Waals surface area contributed by atoms with Crippen molar-refractivity contribution in [2.24, 2.45) is 20.7 Å². The van der Waals surface area contributed by atoms with Crippen LogP contribution >= 0.6 is 0 Å². The molecule has 0 aliphatic carbocycles. The Hall–Kier alpha value is -1.58. The highest BCUT2D eigenvalue weighted by atomic mass is 19.1. The molecule has 0 bridgehead atoms. The Kier molecular flexibility index (Phi) is 2.59. The second-order valence-electron chi connectivity index (χ2n) is 4.65. The van der Waals surface area contributed by atoms with Gasteiger partial charge in [0, 0.05) is 0 Å². The van der Waals surface area contributed by atoms with E-state index in [9.17, 15) is 14.6 Å². The van der Waals surface area contributed by atoms with E-state index in [1.807, 2.05) is 0 Å². The van der Waals surface area contributed by atoms with Gasteiger partial charge in [0.25, 0.3) is 0 Å². The molecular formula is C10H14FN5O3. The van der Waals surface area contributed by atoms with Crippen LogP contribution in [0, 0.1) is 0 Å². The summed E-state index contributed by atoms with van der Waals surface area (Å²) in [5.41, 5.74) is 5.51. The first kappa shape index (κ1) is 12.5. The molecule has 1 saturated heterocycles. The number of hydrogen-bond acceptors (Lipinski definition) is 8. The molecule has 1 unspecified atom stereocenters. The van der Waals surface area contributed by atoms with Crippen molar-refractivity contribution in [3.8, 4) is 0 Å². The van der Waals surface area contributed by atoms with Crippen LogP contribution in [0.4, 0.5) is 4.39 Å². The topological polar surface area (TPSA) is 116 Å². The minimum Gasteiger partial charge on any atom is -0.388 e. The second kappa shape index (κ2) is 3.95. The van der Waals surface area contributed by atoms with Gasteiger partial charge in [0.1, 0.15) is 18.9 Å². The number of aliphatic hydroxyl groups is 2. The molecule has 3 heterocycles. The van der Waals surface area contributed by atoms with Crippen molar-refractivity contribution in [2.45, 2.75) is 37.3 Å². The van der Waals surface area contributed by atoms with E-state index in [4.69, 9.17) is 10.5 Å². The second-order valence-corrected chi connectivity index (χ2v) is 4.65. The Balaban J connectivity index is 1.90. The summed E-state index contributed by atoms with van der Waals surface area (Å²) in [6, 6.07) is 0. The molecule has 0 amide bonds. The zero-order valence-corrected chi connectivity index (χ0v) is 10.1. The van der Waals surface area contributed by atoms with E-state index in [-0.39, 0.29) is 18.3 Å². The minimum atomic E-state index is -2.31. The highest BCUT2D eigenvalue weighted by molar-refractivity contribution is 6.19. The van der Waals surface area contributed by atoms with Gasteiger partial charge in [-0.2, -0.15) is 4.39 Å². The van der Waals surface area contributed by atoms with Crippen LogP contribution < -0.4 is 5.73 Å². The average Bonchev–Trinajstić information content (AvgIpc) is 2.84. The number of alkyl halides is 1. The molecule has 0 saturated carbocycles. The molecule has 0 aromatic carbocycles. The standard InChI is InChI=1S/C10H14FN5O3/c1-4-5(17)6(18)7(19-4)16-3-15-10(11)8(12)13-2-14-9(10)16/h3-7,17-18H,2H2,1H3,(H2,12,13)/t4-,5-,6-,7-,10?/m1/s1. The van der Waals surface area contributed by atoms with Crippen LogP contribution in [0.1, 0.15) is 6.92 Å². The molecule has 5 atom stereocenters. The SMILES string of the molecule is C[C@H]1O[C@@H](N2C=NC3(F)C(N)=NCN=C23)[C@H](O)[C@@H]1O. The van der Waals surface area contributed by atoms with E-state index >= 15 is 0 Å². The minimum absolute atomic E-state index is 0.00633. The molecule has 4 N–H and O–H groups in total. The highest BCUT2D eigenvalue weighted by Gasteiger charge is 2.54. The molecule has 19 heavy (non-hydrogen) atoms. The maximum atomic E-state index is 14.6. The summed E-state index contributed by atoms with van der Waals surface area (Å²) in [4.78, 5) is 12.5. The van der Waals surface area contributed by atoms with Crippen molar-refractivity contribution in [3.63, 3.8) is 0 Å². The normalized spacial score (nSPS) is 45.2. The van der Waals surface area contributed by atoms with Crippen molar-refractivity contribution < 1.29 is 19.3 Å². The Morgan fingerprint density at radius 3 is 2.84 bits per heavy atom. The number of amidine groups is 2. The third kappa shape index (κ3) is 1.58. The Labute approximate surface area is 108 Å². The van der Waals surface area contributed by atoms with Gasteiger partial charge in [-0.05, 0) is 6.92 Å². The van der Waals surface area contributed by atoms with Gasteiger partial charge in [-0.15, -0.1) is 0 Å². The first-order valence-corrected chi connectivity index (χ1v) is 5.84. The average molecular weight is 271 g/mol. The van der Waals surface area contributed by atoms with E-state index in [2.05, 4.69) is 15.0 Å². The molecule has 104 valence electrons. The van der Waals surface area contributed by atoms with Gasteiger partial charge in [0.15, 0.2) is 17.9 Å².